The second kappa shape index (κ2) is 6.04. The van der Waals surface area contributed by atoms with E-state index in [0.717, 1.165) is 23.7 Å². The van der Waals surface area contributed by atoms with Crippen molar-refractivity contribution in [1.29, 1.82) is 0 Å². The molecule has 1 aromatic rings. The molecule has 1 heterocycles. The van der Waals surface area contributed by atoms with E-state index < -0.39 is 0 Å². The highest BCUT2D eigenvalue weighted by Crippen LogP contribution is 2.28. The van der Waals surface area contributed by atoms with Gasteiger partial charge in [-0.1, -0.05) is 11.6 Å². The molecule has 0 spiro atoms. The van der Waals surface area contributed by atoms with E-state index in [1.807, 2.05) is 24.0 Å². The molecule has 0 bridgehead atoms. The minimum Gasteiger partial charge on any atom is -0.339 e. The van der Waals surface area contributed by atoms with Crippen molar-refractivity contribution in [2.24, 2.45) is 0 Å². The van der Waals surface area contributed by atoms with Gasteiger partial charge in [-0.15, -0.1) is 11.3 Å². The number of hydrogen-bond acceptors (Lipinski definition) is 3. The maximum Gasteiger partial charge on any atom is 0.236 e. The van der Waals surface area contributed by atoms with E-state index in [1.165, 1.54) is 4.88 Å². The third kappa shape index (κ3) is 3.46. The molecule has 1 N–H and O–H groups in total. The van der Waals surface area contributed by atoms with Crippen molar-refractivity contribution in [2.75, 3.05) is 13.1 Å². The van der Waals surface area contributed by atoms with E-state index in [9.17, 15) is 4.79 Å². The molecule has 1 saturated carbocycles. The molecule has 1 unspecified atom stereocenters. The zero-order chi connectivity index (χ0) is 13.1. The number of amides is 1. The van der Waals surface area contributed by atoms with Crippen LogP contribution >= 0.6 is 22.9 Å². The summed E-state index contributed by atoms with van der Waals surface area (Å²) in [7, 11) is 0. The Hall–Kier alpha value is -0.580. The first-order valence-corrected chi connectivity index (χ1v) is 7.59. The lowest BCUT2D eigenvalue weighted by Gasteiger charge is -2.21. The fourth-order valence-electron chi connectivity index (χ4n) is 2.03. The fraction of sp³-hybridized carbons (Fsp3) is 0.615. The van der Waals surface area contributed by atoms with Crippen LogP contribution in [-0.4, -0.2) is 29.9 Å². The molecule has 5 heteroatoms. The predicted molar refractivity (Wildman–Crippen MR) is 76.2 cm³/mol. The van der Waals surface area contributed by atoms with Gasteiger partial charge in [0.05, 0.1) is 10.9 Å². The average Bonchev–Trinajstić information content (AvgIpc) is 3.08. The smallest absolute Gasteiger partial charge is 0.236 e. The molecular formula is C13H19ClN2OS. The number of thiophene rings is 1. The van der Waals surface area contributed by atoms with Crippen LogP contribution in [0.5, 0.6) is 0 Å². The van der Waals surface area contributed by atoms with Crippen molar-refractivity contribution in [3.63, 3.8) is 0 Å². The minimum atomic E-state index is 0.171. The van der Waals surface area contributed by atoms with Crippen LogP contribution in [0.3, 0.4) is 0 Å². The fourth-order valence-corrected chi connectivity index (χ4v) is 3.12. The number of nitrogens with zero attached hydrogens (tertiary/aromatic N) is 1. The SMILES string of the molecule is CCN(C(=O)CNC(C)c1ccc(Cl)s1)C1CC1. The van der Waals surface area contributed by atoms with Crippen molar-refractivity contribution >= 4 is 28.8 Å². The van der Waals surface area contributed by atoms with Crippen molar-refractivity contribution in [3.05, 3.63) is 21.3 Å². The molecule has 2 rings (SSSR count). The number of rotatable bonds is 6. The Bertz CT molecular complexity index is 417. The lowest BCUT2D eigenvalue weighted by atomic mass is 10.2. The van der Waals surface area contributed by atoms with Gasteiger partial charge in [0.25, 0.3) is 0 Å². The van der Waals surface area contributed by atoms with E-state index in [2.05, 4.69) is 12.2 Å². The van der Waals surface area contributed by atoms with Gasteiger partial charge < -0.3 is 10.2 Å². The summed E-state index contributed by atoms with van der Waals surface area (Å²) in [5.41, 5.74) is 0. The first-order valence-electron chi connectivity index (χ1n) is 6.40. The summed E-state index contributed by atoms with van der Waals surface area (Å²) < 4.78 is 0.790. The zero-order valence-corrected chi connectivity index (χ0v) is 12.4. The highest BCUT2D eigenvalue weighted by molar-refractivity contribution is 7.16. The van der Waals surface area contributed by atoms with Gasteiger partial charge in [-0.3, -0.25) is 4.79 Å². The Balaban J connectivity index is 1.81. The Labute approximate surface area is 117 Å². The Morgan fingerprint density at radius 2 is 2.33 bits per heavy atom. The van der Waals surface area contributed by atoms with Gasteiger partial charge in [-0.25, -0.2) is 0 Å². The Morgan fingerprint density at radius 1 is 1.61 bits per heavy atom. The molecule has 0 radical (unpaired) electrons. The number of likely N-dealkylation sites (N-methyl/N-ethyl adjacent to an activating group) is 1. The van der Waals surface area contributed by atoms with Gasteiger partial charge in [-0.2, -0.15) is 0 Å². The molecule has 100 valence electrons. The van der Waals surface area contributed by atoms with Crippen LogP contribution < -0.4 is 5.32 Å². The molecule has 3 nitrogen and oxygen atoms in total. The predicted octanol–water partition coefficient (Wildman–Crippen LogP) is 3.06. The molecule has 1 aliphatic rings. The summed E-state index contributed by atoms with van der Waals surface area (Å²) in [6.45, 7) is 5.31. The van der Waals surface area contributed by atoms with Crippen LogP contribution in [0, 0.1) is 0 Å². The molecule has 0 saturated heterocycles. The average molecular weight is 287 g/mol. The molecular weight excluding hydrogens is 268 g/mol. The maximum atomic E-state index is 12.0. The molecule has 1 atom stereocenters. The van der Waals surface area contributed by atoms with E-state index in [0.29, 0.717) is 12.6 Å². The normalized spacial score (nSPS) is 16.6. The van der Waals surface area contributed by atoms with E-state index in [4.69, 9.17) is 11.6 Å². The highest BCUT2D eigenvalue weighted by atomic mass is 35.5. The summed E-state index contributed by atoms with van der Waals surface area (Å²) >= 11 is 7.46. The molecule has 1 aliphatic carbocycles. The summed E-state index contributed by atoms with van der Waals surface area (Å²) in [4.78, 5) is 15.2. The standard InChI is InChI=1S/C13H19ClN2OS/c1-3-16(10-4-5-10)13(17)8-15-9(2)11-6-7-12(14)18-11/h6-7,9-10,15H,3-5,8H2,1-2H3. The Morgan fingerprint density at radius 3 is 2.83 bits per heavy atom. The first-order chi connectivity index (χ1) is 8.61. The van der Waals surface area contributed by atoms with E-state index in [1.54, 1.807) is 11.3 Å². The minimum absolute atomic E-state index is 0.171. The van der Waals surface area contributed by atoms with E-state index >= 15 is 0 Å². The molecule has 1 aromatic heterocycles. The van der Waals surface area contributed by atoms with Crippen LogP contribution in [0.15, 0.2) is 12.1 Å². The van der Waals surface area contributed by atoms with Crippen molar-refractivity contribution in [3.8, 4) is 0 Å². The number of carbonyl (C=O) groups is 1. The monoisotopic (exact) mass is 286 g/mol. The van der Waals surface area contributed by atoms with Crippen LogP contribution in [0.1, 0.15) is 37.6 Å². The zero-order valence-electron chi connectivity index (χ0n) is 10.8. The number of hydrogen-bond donors (Lipinski definition) is 1. The third-order valence-corrected chi connectivity index (χ3v) is 4.64. The molecule has 0 aliphatic heterocycles. The molecule has 18 heavy (non-hydrogen) atoms. The molecule has 1 amide bonds. The summed E-state index contributed by atoms with van der Waals surface area (Å²) in [5.74, 6) is 0.203. The molecule has 1 fully saturated rings. The van der Waals surface area contributed by atoms with Gasteiger partial charge in [-0.05, 0) is 38.8 Å². The van der Waals surface area contributed by atoms with Crippen molar-refractivity contribution < 1.29 is 4.79 Å². The van der Waals surface area contributed by atoms with Crippen molar-refractivity contribution in [1.82, 2.24) is 10.2 Å². The number of carbonyl (C=O) groups excluding carboxylic acids is 1. The maximum absolute atomic E-state index is 12.0. The van der Waals surface area contributed by atoms with Crippen LogP contribution in [0.2, 0.25) is 4.34 Å². The first kappa shape index (κ1) is 13.8. The van der Waals surface area contributed by atoms with Crippen molar-refractivity contribution in [2.45, 2.75) is 38.8 Å². The largest absolute Gasteiger partial charge is 0.339 e. The summed E-state index contributed by atoms with van der Waals surface area (Å²) in [6, 6.07) is 4.57. The second-order valence-electron chi connectivity index (χ2n) is 4.66. The van der Waals surface area contributed by atoms with Gasteiger partial charge in [0, 0.05) is 23.5 Å². The summed E-state index contributed by atoms with van der Waals surface area (Å²) in [6.07, 6.45) is 2.32. The van der Waals surface area contributed by atoms with E-state index in [-0.39, 0.29) is 11.9 Å². The lowest BCUT2D eigenvalue weighted by molar-refractivity contribution is -0.130. The quantitative estimate of drug-likeness (QED) is 0.872. The second-order valence-corrected chi connectivity index (χ2v) is 6.40. The van der Waals surface area contributed by atoms with Gasteiger partial charge in [0.15, 0.2) is 0 Å². The van der Waals surface area contributed by atoms with Crippen LogP contribution in [-0.2, 0) is 4.79 Å². The highest BCUT2D eigenvalue weighted by Gasteiger charge is 2.31. The summed E-state index contributed by atoms with van der Waals surface area (Å²) in [5, 5.41) is 3.27. The third-order valence-electron chi connectivity index (χ3n) is 3.23. The number of halogens is 1. The van der Waals surface area contributed by atoms with Crippen LogP contribution in [0.4, 0.5) is 0 Å². The topological polar surface area (TPSA) is 32.3 Å². The van der Waals surface area contributed by atoms with Gasteiger partial charge in [0.1, 0.15) is 0 Å². The van der Waals surface area contributed by atoms with Gasteiger partial charge in [0.2, 0.25) is 5.91 Å². The van der Waals surface area contributed by atoms with Gasteiger partial charge >= 0.3 is 0 Å². The lowest BCUT2D eigenvalue weighted by Crippen LogP contribution is -2.40. The number of nitrogens with one attached hydrogen (secondary N) is 1. The Kier molecular flexibility index (Phi) is 4.65. The van der Waals surface area contributed by atoms with Crippen LogP contribution in [0.25, 0.3) is 0 Å². The molecule has 0 aromatic carbocycles.